The monoisotopic (exact) mass is 156 g/mol. The van der Waals surface area contributed by atoms with Gasteiger partial charge in [-0.3, -0.25) is 4.79 Å². The highest BCUT2D eigenvalue weighted by atomic mass is 16.5. The van der Waals surface area contributed by atoms with Crippen LogP contribution in [0.5, 0.6) is 0 Å². The molecule has 0 saturated carbocycles. The van der Waals surface area contributed by atoms with Crippen LogP contribution in [0.4, 0.5) is 0 Å². The van der Waals surface area contributed by atoms with E-state index >= 15 is 0 Å². The molecule has 1 heterocycles. The number of nitrogens with two attached hydrogens (primary N) is 1. The number of hydrogen-bond donors (Lipinski definition) is 2. The molecule has 0 bridgehead atoms. The van der Waals surface area contributed by atoms with Crippen LogP contribution in [0.25, 0.3) is 0 Å². The molecule has 3 N–H and O–H groups in total. The van der Waals surface area contributed by atoms with E-state index in [4.69, 9.17) is 10.5 Å². The third kappa shape index (κ3) is 3.04. The molecule has 1 fully saturated rings. The van der Waals surface area contributed by atoms with Crippen molar-refractivity contribution in [1.29, 1.82) is 0 Å². The molecule has 62 valence electrons. The molecule has 1 aliphatic heterocycles. The van der Waals surface area contributed by atoms with Gasteiger partial charge in [-0.2, -0.15) is 0 Å². The molecule has 1 saturated heterocycles. The van der Waals surface area contributed by atoms with Crippen LogP contribution >= 0.6 is 0 Å². The molecule has 0 aliphatic carbocycles. The summed E-state index contributed by atoms with van der Waals surface area (Å²) in [5.41, 5.74) is 5.74. The number of ether oxygens (including phenoxy) is 1. The number of carbonyl (C=O) groups is 1. The zero-order valence-electron chi connectivity index (χ0n) is 6.30. The Morgan fingerprint density at radius 3 is 3.27 bits per heavy atom. The van der Waals surface area contributed by atoms with E-state index in [0.29, 0.717) is 6.61 Å². The van der Waals surface area contributed by atoms with E-state index in [0.717, 1.165) is 25.3 Å². The average molecular weight is 156 g/mol. The van der Waals surface area contributed by atoms with Crippen molar-refractivity contribution in [2.24, 2.45) is 5.73 Å². The lowest BCUT2D eigenvalue weighted by Crippen LogP contribution is -2.18. The van der Waals surface area contributed by atoms with Gasteiger partial charge in [0.1, 0.15) is 0 Å². The van der Waals surface area contributed by atoms with Gasteiger partial charge in [0.15, 0.2) is 0 Å². The molecular weight excluding hydrogens is 144 g/mol. The van der Waals surface area contributed by atoms with E-state index in [2.05, 4.69) is 5.32 Å². The van der Waals surface area contributed by atoms with E-state index in [1.807, 2.05) is 0 Å². The van der Waals surface area contributed by atoms with Crippen LogP contribution in [-0.2, 0) is 9.53 Å². The lowest BCUT2D eigenvalue weighted by atomic mass is 10.4. The number of rotatable bonds is 1. The zero-order valence-corrected chi connectivity index (χ0v) is 6.30. The Kier molecular flexibility index (Phi) is 2.92. The molecular formula is C7H12N2O2. The minimum Gasteiger partial charge on any atom is -0.386 e. The molecule has 1 rings (SSSR count). The van der Waals surface area contributed by atoms with Crippen molar-refractivity contribution in [2.45, 2.75) is 6.42 Å². The molecule has 0 atom stereocenters. The topological polar surface area (TPSA) is 64.4 Å². The minimum absolute atomic E-state index is 0.432. The SMILES string of the molecule is NC(=O)/C=C1/COCCCN1. The van der Waals surface area contributed by atoms with Gasteiger partial charge in [-0.15, -0.1) is 0 Å². The molecule has 0 radical (unpaired) electrons. The van der Waals surface area contributed by atoms with Gasteiger partial charge in [0.25, 0.3) is 0 Å². The van der Waals surface area contributed by atoms with Crippen molar-refractivity contribution >= 4 is 5.91 Å². The van der Waals surface area contributed by atoms with E-state index in [-0.39, 0.29) is 0 Å². The van der Waals surface area contributed by atoms with Crippen molar-refractivity contribution in [3.63, 3.8) is 0 Å². The largest absolute Gasteiger partial charge is 0.386 e. The Hall–Kier alpha value is -1.03. The Morgan fingerprint density at radius 2 is 2.55 bits per heavy atom. The second kappa shape index (κ2) is 3.98. The van der Waals surface area contributed by atoms with Crippen LogP contribution < -0.4 is 11.1 Å². The molecule has 11 heavy (non-hydrogen) atoms. The molecule has 0 aromatic carbocycles. The standard InChI is InChI=1S/C7H12N2O2/c8-7(10)4-6-5-11-3-1-2-9-6/h4,9H,1-3,5H2,(H2,8,10)/b6-4-. The summed E-state index contributed by atoms with van der Waals surface area (Å²) in [4.78, 5) is 10.4. The number of nitrogens with one attached hydrogen (secondary N) is 1. The number of hydrogen-bond acceptors (Lipinski definition) is 3. The van der Waals surface area contributed by atoms with Crippen molar-refractivity contribution in [3.05, 3.63) is 11.8 Å². The normalized spacial score (nSPS) is 22.4. The summed E-state index contributed by atoms with van der Waals surface area (Å²) < 4.78 is 5.17. The van der Waals surface area contributed by atoms with Crippen LogP contribution in [0.2, 0.25) is 0 Å². The lowest BCUT2D eigenvalue weighted by Gasteiger charge is -2.02. The first-order valence-corrected chi connectivity index (χ1v) is 3.60. The van der Waals surface area contributed by atoms with Crippen molar-refractivity contribution in [2.75, 3.05) is 19.8 Å². The van der Waals surface area contributed by atoms with Gasteiger partial charge in [0, 0.05) is 24.9 Å². The summed E-state index contributed by atoms with van der Waals surface area (Å²) in [6.45, 7) is 2.05. The molecule has 0 unspecified atom stereocenters. The van der Waals surface area contributed by atoms with Gasteiger partial charge in [-0.25, -0.2) is 0 Å². The Balaban J connectivity index is 2.48. The van der Waals surface area contributed by atoms with Gasteiger partial charge in [-0.1, -0.05) is 0 Å². The molecule has 0 aromatic rings. The molecule has 4 heteroatoms. The predicted octanol–water partition coefficient (Wildman–Crippen LogP) is -0.635. The quantitative estimate of drug-likeness (QED) is 0.496. The summed E-state index contributed by atoms with van der Waals surface area (Å²) in [7, 11) is 0. The molecule has 4 nitrogen and oxygen atoms in total. The zero-order chi connectivity index (χ0) is 8.10. The van der Waals surface area contributed by atoms with Crippen molar-refractivity contribution < 1.29 is 9.53 Å². The van der Waals surface area contributed by atoms with E-state index in [1.54, 1.807) is 0 Å². The van der Waals surface area contributed by atoms with E-state index < -0.39 is 5.91 Å². The first kappa shape index (κ1) is 8.07. The maximum Gasteiger partial charge on any atom is 0.243 e. The van der Waals surface area contributed by atoms with Crippen molar-refractivity contribution in [1.82, 2.24) is 5.32 Å². The first-order chi connectivity index (χ1) is 5.29. The highest BCUT2D eigenvalue weighted by molar-refractivity contribution is 5.86. The van der Waals surface area contributed by atoms with Crippen LogP contribution in [-0.4, -0.2) is 25.7 Å². The molecule has 1 aliphatic rings. The predicted molar refractivity (Wildman–Crippen MR) is 40.7 cm³/mol. The first-order valence-electron chi connectivity index (χ1n) is 3.60. The summed E-state index contributed by atoms with van der Waals surface area (Å²) in [6, 6.07) is 0. The highest BCUT2D eigenvalue weighted by Crippen LogP contribution is 1.96. The minimum atomic E-state index is -0.432. The molecule has 1 amide bonds. The fourth-order valence-electron chi connectivity index (χ4n) is 0.921. The van der Waals surface area contributed by atoms with Gasteiger partial charge in [-0.05, 0) is 6.42 Å². The van der Waals surface area contributed by atoms with Crippen LogP contribution in [0.3, 0.4) is 0 Å². The Bertz CT molecular complexity index is 167. The lowest BCUT2D eigenvalue weighted by molar-refractivity contribution is -0.113. The summed E-state index contributed by atoms with van der Waals surface area (Å²) in [6.07, 6.45) is 2.33. The van der Waals surface area contributed by atoms with Gasteiger partial charge >= 0.3 is 0 Å². The number of carbonyl (C=O) groups excluding carboxylic acids is 1. The smallest absolute Gasteiger partial charge is 0.243 e. The average Bonchev–Trinajstić information content (AvgIpc) is 2.14. The molecule has 0 aromatic heterocycles. The van der Waals surface area contributed by atoms with Crippen LogP contribution in [0.1, 0.15) is 6.42 Å². The van der Waals surface area contributed by atoms with E-state index in [1.165, 1.54) is 6.08 Å². The summed E-state index contributed by atoms with van der Waals surface area (Å²) in [5, 5.41) is 3.05. The van der Waals surface area contributed by atoms with Gasteiger partial charge in [0.05, 0.1) is 6.61 Å². The second-order valence-electron chi connectivity index (χ2n) is 2.40. The Morgan fingerprint density at radius 1 is 1.73 bits per heavy atom. The fourth-order valence-corrected chi connectivity index (χ4v) is 0.921. The van der Waals surface area contributed by atoms with Gasteiger partial charge < -0.3 is 15.8 Å². The van der Waals surface area contributed by atoms with E-state index in [9.17, 15) is 4.79 Å². The van der Waals surface area contributed by atoms with Crippen LogP contribution in [0.15, 0.2) is 11.8 Å². The third-order valence-corrected chi connectivity index (χ3v) is 1.39. The number of amides is 1. The third-order valence-electron chi connectivity index (χ3n) is 1.39. The van der Waals surface area contributed by atoms with Crippen molar-refractivity contribution in [3.8, 4) is 0 Å². The maximum absolute atomic E-state index is 10.4. The van der Waals surface area contributed by atoms with Crippen LogP contribution in [0, 0.1) is 0 Å². The maximum atomic E-state index is 10.4. The second-order valence-corrected chi connectivity index (χ2v) is 2.40. The highest BCUT2D eigenvalue weighted by Gasteiger charge is 2.03. The fraction of sp³-hybridized carbons (Fsp3) is 0.571. The summed E-state index contributed by atoms with van der Waals surface area (Å²) >= 11 is 0. The Labute approximate surface area is 65.4 Å². The summed E-state index contributed by atoms with van der Waals surface area (Å²) in [5.74, 6) is -0.432. The molecule has 0 spiro atoms. The number of primary amides is 1. The van der Waals surface area contributed by atoms with Gasteiger partial charge in [0.2, 0.25) is 5.91 Å².